The Morgan fingerprint density at radius 3 is 2.45 bits per heavy atom. The molecule has 0 heterocycles. The Labute approximate surface area is 141 Å². The van der Waals surface area contributed by atoms with Crippen LogP contribution in [0.2, 0.25) is 0 Å². The zero-order valence-electron chi connectivity index (χ0n) is 11.8. The second-order valence-corrected chi connectivity index (χ2v) is 5.92. The van der Waals surface area contributed by atoms with Crippen molar-refractivity contribution in [2.75, 3.05) is 7.05 Å². The van der Waals surface area contributed by atoms with Gasteiger partial charge in [0.15, 0.2) is 0 Å². The quantitative estimate of drug-likeness (QED) is 0.786. The van der Waals surface area contributed by atoms with Gasteiger partial charge in [-0.25, -0.2) is 4.39 Å². The summed E-state index contributed by atoms with van der Waals surface area (Å²) in [6.45, 7) is 0. The number of primary amides is 1. The molecule has 0 spiro atoms. The van der Waals surface area contributed by atoms with Crippen LogP contribution in [0.25, 0.3) is 0 Å². The number of hydrogen-bond acceptors (Lipinski definition) is 2. The van der Waals surface area contributed by atoms with Crippen LogP contribution < -0.4 is 5.73 Å². The van der Waals surface area contributed by atoms with Crippen molar-refractivity contribution in [1.82, 2.24) is 4.90 Å². The zero-order valence-corrected chi connectivity index (χ0v) is 14.0. The third kappa shape index (κ3) is 3.44. The molecule has 2 N–H and O–H groups in total. The van der Waals surface area contributed by atoms with Crippen LogP contribution in [0.1, 0.15) is 22.0 Å². The second-order valence-electron chi connectivity index (χ2n) is 4.76. The van der Waals surface area contributed by atoms with Crippen molar-refractivity contribution in [3.8, 4) is 0 Å². The predicted molar refractivity (Wildman–Crippen MR) is 89.6 cm³/mol. The third-order valence-electron chi connectivity index (χ3n) is 3.25. The van der Waals surface area contributed by atoms with Crippen molar-refractivity contribution in [3.05, 3.63) is 69.0 Å². The molecular formula is C16H14FIN2O2. The number of benzene rings is 2. The van der Waals surface area contributed by atoms with Crippen LogP contribution in [0.3, 0.4) is 0 Å². The molecule has 1 unspecified atom stereocenters. The average Bonchev–Trinajstić information content (AvgIpc) is 2.47. The fourth-order valence-electron chi connectivity index (χ4n) is 2.20. The highest BCUT2D eigenvalue weighted by Crippen LogP contribution is 2.23. The van der Waals surface area contributed by atoms with E-state index in [1.807, 2.05) is 28.7 Å². The largest absolute Gasteiger partial charge is 0.368 e. The van der Waals surface area contributed by atoms with Crippen LogP contribution >= 0.6 is 22.6 Å². The number of rotatable bonds is 4. The lowest BCUT2D eigenvalue weighted by Crippen LogP contribution is -2.39. The molecule has 4 nitrogen and oxygen atoms in total. The molecule has 0 bridgehead atoms. The van der Waals surface area contributed by atoms with Crippen molar-refractivity contribution >= 4 is 34.4 Å². The predicted octanol–water partition coefficient (Wildman–Crippen LogP) is 2.73. The summed E-state index contributed by atoms with van der Waals surface area (Å²) < 4.78 is 14.1. The Hall–Kier alpha value is -1.96. The van der Waals surface area contributed by atoms with Crippen molar-refractivity contribution in [1.29, 1.82) is 0 Å². The Kier molecular flexibility index (Phi) is 5.12. The molecule has 0 aromatic heterocycles. The van der Waals surface area contributed by atoms with Gasteiger partial charge in [0.05, 0.1) is 5.56 Å². The first-order valence-corrected chi connectivity index (χ1v) is 7.56. The van der Waals surface area contributed by atoms with Crippen LogP contribution in [0.5, 0.6) is 0 Å². The highest BCUT2D eigenvalue weighted by atomic mass is 127. The average molecular weight is 412 g/mol. The Morgan fingerprint density at radius 1 is 1.18 bits per heavy atom. The fourth-order valence-corrected chi connectivity index (χ4v) is 2.82. The van der Waals surface area contributed by atoms with Crippen molar-refractivity contribution in [2.24, 2.45) is 5.73 Å². The summed E-state index contributed by atoms with van der Waals surface area (Å²) in [6.07, 6.45) is 0. The maximum atomic E-state index is 13.4. The van der Waals surface area contributed by atoms with E-state index in [9.17, 15) is 14.0 Å². The maximum absolute atomic E-state index is 13.4. The first kappa shape index (κ1) is 16.4. The van der Waals surface area contributed by atoms with E-state index in [0.717, 1.165) is 3.57 Å². The number of hydrogen-bond donors (Lipinski definition) is 1. The third-order valence-corrected chi connectivity index (χ3v) is 4.19. The Balaban J connectivity index is 2.39. The summed E-state index contributed by atoms with van der Waals surface area (Å²) in [5.41, 5.74) is 6.22. The fraction of sp³-hybridized carbons (Fsp3) is 0.125. The zero-order chi connectivity index (χ0) is 16.3. The van der Waals surface area contributed by atoms with E-state index in [-0.39, 0.29) is 5.91 Å². The van der Waals surface area contributed by atoms with Crippen LogP contribution in [0.4, 0.5) is 4.39 Å². The standard InChI is InChI=1S/C16H14FIN2O2/c1-20(16(22)12-7-2-3-8-13(12)18)14(15(19)21)10-5-4-6-11(17)9-10/h2-9,14H,1H3,(H2,19,21). The lowest BCUT2D eigenvalue weighted by atomic mass is 10.0. The normalized spacial score (nSPS) is 11.8. The van der Waals surface area contributed by atoms with E-state index in [0.29, 0.717) is 11.1 Å². The second kappa shape index (κ2) is 6.87. The van der Waals surface area contributed by atoms with E-state index in [1.54, 1.807) is 24.3 Å². The van der Waals surface area contributed by atoms with E-state index in [4.69, 9.17) is 5.73 Å². The van der Waals surface area contributed by atoms with Gasteiger partial charge in [-0.05, 0) is 52.4 Å². The summed E-state index contributed by atoms with van der Waals surface area (Å²) in [6, 6.07) is 11.5. The van der Waals surface area contributed by atoms with Crippen molar-refractivity contribution in [2.45, 2.75) is 6.04 Å². The molecule has 0 aliphatic rings. The van der Waals surface area contributed by atoms with Gasteiger partial charge >= 0.3 is 0 Å². The van der Waals surface area contributed by atoms with E-state index in [1.165, 1.54) is 30.1 Å². The molecule has 1 atom stereocenters. The monoisotopic (exact) mass is 412 g/mol. The molecular weight excluding hydrogens is 398 g/mol. The molecule has 0 fully saturated rings. The topological polar surface area (TPSA) is 63.4 Å². The smallest absolute Gasteiger partial charge is 0.255 e. The SMILES string of the molecule is CN(C(=O)c1ccccc1I)C(C(N)=O)c1cccc(F)c1. The van der Waals surface area contributed by atoms with Gasteiger partial charge in [-0.2, -0.15) is 0 Å². The minimum Gasteiger partial charge on any atom is -0.368 e. The number of carbonyl (C=O) groups excluding carboxylic acids is 2. The molecule has 2 rings (SSSR count). The number of amides is 2. The molecule has 0 saturated heterocycles. The summed E-state index contributed by atoms with van der Waals surface area (Å²) >= 11 is 2.05. The summed E-state index contributed by atoms with van der Waals surface area (Å²) in [7, 11) is 1.48. The molecule has 2 aromatic carbocycles. The Morgan fingerprint density at radius 2 is 1.86 bits per heavy atom. The molecule has 0 radical (unpaired) electrons. The van der Waals surface area contributed by atoms with E-state index < -0.39 is 17.8 Å². The molecule has 114 valence electrons. The molecule has 0 aliphatic heterocycles. The van der Waals surface area contributed by atoms with E-state index >= 15 is 0 Å². The lowest BCUT2D eigenvalue weighted by Gasteiger charge is -2.26. The molecule has 2 aromatic rings. The molecule has 22 heavy (non-hydrogen) atoms. The first-order chi connectivity index (χ1) is 10.4. The van der Waals surface area contributed by atoms with Gasteiger partial charge < -0.3 is 10.6 Å². The highest BCUT2D eigenvalue weighted by molar-refractivity contribution is 14.1. The van der Waals surface area contributed by atoms with Gasteiger partial charge in [0.1, 0.15) is 11.9 Å². The van der Waals surface area contributed by atoms with E-state index in [2.05, 4.69) is 0 Å². The molecule has 2 amide bonds. The number of halogens is 2. The van der Waals surface area contributed by atoms with Gasteiger partial charge in [0.2, 0.25) is 5.91 Å². The van der Waals surface area contributed by atoms with Crippen LogP contribution in [0.15, 0.2) is 48.5 Å². The first-order valence-electron chi connectivity index (χ1n) is 6.48. The number of nitrogens with two attached hydrogens (primary N) is 1. The van der Waals surface area contributed by atoms with Gasteiger partial charge in [0.25, 0.3) is 5.91 Å². The summed E-state index contributed by atoms with van der Waals surface area (Å²) in [5.74, 6) is -1.55. The lowest BCUT2D eigenvalue weighted by molar-refractivity contribution is -0.122. The van der Waals surface area contributed by atoms with Crippen LogP contribution in [-0.2, 0) is 4.79 Å². The molecule has 0 aliphatic carbocycles. The molecule has 0 saturated carbocycles. The minimum atomic E-state index is -1.03. The minimum absolute atomic E-state index is 0.342. The number of likely N-dealkylation sites (N-methyl/N-ethyl adjacent to an activating group) is 1. The van der Waals surface area contributed by atoms with Gasteiger partial charge in [-0.3, -0.25) is 9.59 Å². The highest BCUT2D eigenvalue weighted by Gasteiger charge is 2.28. The van der Waals surface area contributed by atoms with Crippen molar-refractivity contribution in [3.63, 3.8) is 0 Å². The van der Waals surface area contributed by atoms with Crippen LogP contribution in [0, 0.1) is 9.39 Å². The number of nitrogens with zero attached hydrogens (tertiary/aromatic N) is 1. The van der Waals surface area contributed by atoms with Crippen LogP contribution in [-0.4, -0.2) is 23.8 Å². The maximum Gasteiger partial charge on any atom is 0.255 e. The van der Waals surface area contributed by atoms with Crippen molar-refractivity contribution < 1.29 is 14.0 Å². The summed E-state index contributed by atoms with van der Waals surface area (Å²) in [4.78, 5) is 25.6. The van der Waals surface area contributed by atoms with Gasteiger partial charge in [-0.1, -0.05) is 24.3 Å². The van der Waals surface area contributed by atoms with Gasteiger partial charge in [0, 0.05) is 10.6 Å². The molecule has 6 heteroatoms. The summed E-state index contributed by atoms with van der Waals surface area (Å²) in [5, 5.41) is 0. The Bertz CT molecular complexity index is 721. The number of carbonyl (C=O) groups is 2. The van der Waals surface area contributed by atoms with Gasteiger partial charge in [-0.15, -0.1) is 0 Å².